The number of piperidine rings is 1. The third-order valence-electron chi connectivity index (χ3n) is 4.69. The Hall–Kier alpha value is -2.67. The molecule has 0 unspecified atom stereocenters. The number of rotatable bonds is 7. The number of hydrogen-bond acceptors (Lipinski definition) is 5. The number of likely N-dealkylation sites (tertiary alicyclic amines) is 1. The summed E-state index contributed by atoms with van der Waals surface area (Å²) >= 11 is 0. The van der Waals surface area contributed by atoms with Crippen LogP contribution < -0.4 is 15.8 Å². The molecule has 6 nitrogen and oxygen atoms in total. The molecule has 1 aliphatic heterocycles. The zero-order chi connectivity index (χ0) is 19.2. The van der Waals surface area contributed by atoms with E-state index in [1.54, 1.807) is 18.2 Å². The van der Waals surface area contributed by atoms with Crippen molar-refractivity contribution < 1.29 is 13.9 Å². The van der Waals surface area contributed by atoms with Crippen molar-refractivity contribution >= 4 is 11.7 Å². The van der Waals surface area contributed by atoms with Gasteiger partial charge in [-0.25, -0.2) is 9.37 Å². The number of pyridine rings is 1. The number of carbonyl (C=O) groups excluding carboxylic acids is 1. The lowest BCUT2D eigenvalue weighted by atomic mass is 10.0. The normalized spacial score (nSPS) is 15.5. The van der Waals surface area contributed by atoms with Crippen molar-refractivity contribution in [3.05, 3.63) is 53.5 Å². The molecule has 3 rings (SSSR count). The lowest BCUT2D eigenvalue weighted by Gasteiger charge is -2.32. The second kappa shape index (κ2) is 8.81. The zero-order valence-electron chi connectivity index (χ0n) is 15.5. The van der Waals surface area contributed by atoms with Gasteiger partial charge in [0.25, 0.3) is 0 Å². The molecule has 1 saturated heterocycles. The number of primary amides is 1. The molecule has 1 aromatic carbocycles. The molecule has 144 valence electrons. The largest absolute Gasteiger partial charge is 0.491 e. The Morgan fingerprint density at radius 1 is 1.33 bits per heavy atom. The maximum atomic E-state index is 13.7. The van der Waals surface area contributed by atoms with E-state index < -0.39 is 5.91 Å². The van der Waals surface area contributed by atoms with Gasteiger partial charge in [-0.15, -0.1) is 0 Å². The van der Waals surface area contributed by atoms with Gasteiger partial charge in [0.1, 0.15) is 5.82 Å². The Kier molecular flexibility index (Phi) is 6.24. The Bertz CT molecular complexity index is 774. The van der Waals surface area contributed by atoms with Gasteiger partial charge < -0.3 is 15.8 Å². The molecule has 2 aromatic rings. The molecule has 0 saturated carbocycles. The summed E-state index contributed by atoms with van der Waals surface area (Å²) in [7, 11) is 0. The predicted molar refractivity (Wildman–Crippen MR) is 102 cm³/mol. The maximum Gasteiger partial charge on any atom is 0.250 e. The maximum absolute atomic E-state index is 13.7. The van der Waals surface area contributed by atoms with E-state index in [4.69, 9.17) is 10.5 Å². The van der Waals surface area contributed by atoms with Crippen LogP contribution in [0, 0.1) is 5.82 Å². The fraction of sp³-hybridized carbons (Fsp3) is 0.400. The number of ether oxygens (including phenoxy) is 1. The van der Waals surface area contributed by atoms with Crippen LogP contribution in [-0.2, 0) is 6.54 Å². The number of aromatic nitrogens is 1. The van der Waals surface area contributed by atoms with Gasteiger partial charge in [-0.05, 0) is 49.6 Å². The molecule has 0 radical (unpaired) electrons. The van der Waals surface area contributed by atoms with Crippen molar-refractivity contribution in [1.82, 2.24) is 9.88 Å². The van der Waals surface area contributed by atoms with E-state index in [2.05, 4.69) is 15.2 Å². The third-order valence-corrected chi connectivity index (χ3v) is 4.69. The number of carbonyl (C=O) groups is 1. The number of anilines is 1. The Morgan fingerprint density at radius 2 is 2.11 bits per heavy atom. The molecule has 1 aromatic heterocycles. The first-order valence-electron chi connectivity index (χ1n) is 9.21. The van der Waals surface area contributed by atoms with Gasteiger partial charge in [0, 0.05) is 31.9 Å². The summed E-state index contributed by atoms with van der Waals surface area (Å²) in [6.07, 6.45) is 3.46. The van der Waals surface area contributed by atoms with Gasteiger partial charge in [-0.3, -0.25) is 9.69 Å². The predicted octanol–water partition coefficient (Wildman–Crippen LogP) is 2.79. The smallest absolute Gasteiger partial charge is 0.250 e. The number of nitrogens with zero attached hydrogens (tertiary/aromatic N) is 2. The standard InChI is InChI=1S/C20H25FN4O2/c1-2-27-18-11-14(3-5-17(18)21)13-25-9-7-16(8-10-25)24-19-6-4-15(12-23-19)20(22)26/h3-6,11-12,16H,2,7-10,13H2,1H3,(H2,22,26)(H,23,24). The highest BCUT2D eigenvalue weighted by atomic mass is 19.1. The number of nitrogens with one attached hydrogen (secondary N) is 1. The molecule has 0 bridgehead atoms. The molecule has 3 N–H and O–H groups in total. The molecule has 2 heterocycles. The first-order chi connectivity index (χ1) is 13.0. The molecule has 1 fully saturated rings. The molecule has 0 atom stereocenters. The number of benzene rings is 1. The first kappa shape index (κ1) is 19.1. The van der Waals surface area contributed by atoms with Crippen LogP contribution in [-0.4, -0.2) is 41.5 Å². The highest BCUT2D eigenvalue weighted by Gasteiger charge is 2.20. The van der Waals surface area contributed by atoms with Crippen LogP contribution in [0.15, 0.2) is 36.5 Å². The van der Waals surface area contributed by atoms with E-state index in [-0.39, 0.29) is 5.82 Å². The Balaban J connectivity index is 1.50. The van der Waals surface area contributed by atoms with Gasteiger partial charge in [-0.1, -0.05) is 6.07 Å². The first-order valence-corrected chi connectivity index (χ1v) is 9.21. The van der Waals surface area contributed by atoms with Crippen molar-refractivity contribution in [3.8, 4) is 5.75 Å². The summed E-state index contributed by atoms with van der Waals surface area (Å²) in [4.78, 5) is 17.7. The zero-order valence-corrected chi connectivity index (χ0v) is 15.5. The number of amides is 1. The van der Waals surface area contributed by atoms with E-state index in [0.717, 1.165) is 43.9 Å². The van der Waals surface area contributed by atoms with E-state index >= 15 is 0 Å². The minimum atomic E-state index is -0.476. The number of halogens is 1. The summed E-state index contributed by atoms with van der Waals surface area (Å²) in [5.41, 5.74) is 6.68. The van der Waals surface area contributed by atoms with Crippen LogP contribution in [0.25, 0.3) is 0 Å². The van der Waals surface area contributed by atoms with Crippen molar-refractivity contribution in [2.45, 2.75) is 32.4 Å². The Morgan fingerprint density at radius 3 is 2.74 bits per heavy atom. The number of hydrogen-bond donors (Lipinski definition) is 2. The molecular weight excluding hydrogens is 347 g/mol. The minimum Gasteiger partial charge on any atom is -0.491 e. The summed E-state index contributed by atoms with van der Waals surface area (Å²) < 4.78 is 19.0. The highest BCUT2D eigenvalue weighted by molar-refractivity contribution is 5.92. The summed E-state index contributed by atoms with van der Waals surface area (Å²) in [5, 5.41) is 3.41. The topological polar surface area (TPSA) is 80.5 Å². The van der Waals surface area contributed by atoms with E-state index in [0.29, 0.717) is 24.0 Å². The second-order valence-electron chi connectivity index (χ2n) is 6.69. The van der Waals surface area contributed by atoms with Crippen LogP contribution in [0.1, 0.15) is 35.7 Å². The molecule has 0 aliphatic carbocycles. The quantitative estimate of drug-likeness (QED) is 0.781. The molecule has 27 heavy (non-hydrogen) atoms. The van der Waals surface area contributed by atoms with Gasteiger partial charge in [0.2, 0.25) is 5.91 Å². The van der Waals surface area contributed by atoms with Crippen LogP contribution in [0.2, 0.25) is 0 Å². The van der Waals surface area contributed by atoms with Crippen molar-refractivity contribution in [2.24, 2.45) is 5.73 Å². The average Bonchev–Trinajstić information content (AvgIpc) is 2.67. The SMILES string of the molecule is CCOc1cc(CN2CCC(Nc3ccc(C(N)=O)cn3)CC2)ccc1F. The van der Waals surface area contributed by atoms with Crippen molar-refractivity contribution in [2.75, 3.05) is 25.0 Å². The van der Waals surface area contributed by atoms with Crippen LogP contribution in [0.3, 0.4) is 0 Å². The third kappa shape index (κ3) is 5.17. The second-order valence-corrected chi connectivity index (χ2v) is 6.69. The fourth-order valence-electron chi connectivity index (χ4n) is 3.24. The van der Waals surface area contributed by atoms with Gasteiger partial charge in [-0.2, -0.15) is 0 Å². The molecule has 7 heteroatoms. The van der Waals surface area contributed by atoms with Crippen molar-refractivity contribution in [3.63, 3.8) is 0 Å². The van der Waals surface area contributed by atoms with Gasteiger partial charge >= 0.3 is 0 Å². The lowest BCUT2D eigenvalue weighted by molar-refractivity contribution is 0.1000. The molecule has 1 amide bonds. The molecule has 1 aliphatic rings. The van der Waals surface area contributed by atoms with Crippen LogP contribution in [0.4, 0.5) is 10.2 Å². The minimum absolute atomic E-state index is 0.317. The lowest BCUT2D eigenvalue weighted by Crippen LogP contribution is -2.38. The summed E-state index contributed by atoms with van der Waals surface area (Å²) in [6.45, 7) is 4.96. The van der Waals surface area contributed by atoms with E-state index in [1.165, 1.54) is 12.3 Å². The van der Waals surface area contributed by atoms with E-state index in [9.17, 15) is 9.18 Å². The number of nitrogens with two attached hydrogens (primary N) is 1. The van der Waals surface area contributed by atoms with Crippen LogP contribution in [0.5, 0.6) is 5.75 Å². The fourth-order valence-corrected chi connectivity index (χ4v) is 3.24. The monoisotopic (exact) mass is 372 g/mol. The molecular formula is C20H25FN4O2. The van der Waals surface area contributed by atoms with Gasteiger partial charge in [0.15, 0.2) is 11.6 Å². The van der Waals surface area contributed by atoms with Crippen molar-refractivity contribution in [1.29, 1.82) is 0 Å². The van der Waals surface area contributed by atoms with Gasteiger partial charge in [0.05, 0.1) is 12.2 Å². The highest BCUT2D eigenvalue weighted by Crippen LogP contribution is 2.22. The summed E-state index contributed by atoms with van der Waals surface area (Å²) in [5.74, 6) is 0.268. The Labute approximate surface area is 158 Å². The summed E-state index contributed by atoms with van der Waals surface area (Å²) in [6, 6.07) is 8.85. The average molecular weight is 372 g/mol. The van der Waals surface area contributed by atoms with Crippen LogP contribution >= 0.6 is 0 Å². The molecule has 0 spiro atoms. The van der Waals surface area contributed by atoms with E-state index in [1.807, 2.05) is 13.0 Å².